The summed E-state index contributed by atoms with van der Waals surface area (Å²) in [5, 5.41) is 0. The van der Waals surface area contributed by atoms with E-state index in [-0.39, 0.29) is 24.7 Å². The zero-order valence-electron chi connectivity index (χ0n) is 14.2. The van der Waals surface area contributed by atoms with Gasteiger partial charge in [-0.05, 0) is 5.56 Å². The van der Waals surface area contributed by atoms with Gasteiger partial charge in [0.1, 0.15) is 0 Å². The molecule has 0 bridgehead atoms. The molecular formula is C17H24N2O4S2. The van der Waals surface area contributed by atoms with Gasteiger partial charge in [0.05, 0.1) is 25.0 Å². The topological polar surface area (TPSA) is 66.9 Å². The summed E-state index contributed by atoms with van der Waals surface area (Å²) < 4.78 is 32.7. The molecule has 1 amide bonds. The van der Waals surface area contributed by atoms with Gasteiger partial charge in [0.15, 0.2) is 0 Å². The largest absolute Gasteiger partial charge is 0.378 e. The van der Waals surface area contributed by atoms with E-state index in [2.05, 4.69) is 0 Å². The molecule has 0 spiro atoms. The number of morpholine rings is 1. The van der Waals surface area contributed by atoms with E-state index in [1.165, 1.54) is 4.31 Å². The number of carbonyl (C=O) groups is 1. The number of carbonyl (C=O) groups excluding carboxylic acids is 1. The van der Waals surface area contributed by atoms with Crippen LogP contribution in [0.1, 0.15) is 12.0 Å². The molecule has 2 fully saturated rings. The molecule has 3 rings (SSSR count). The van der Waals surface area contributed by atoms with Crippen LogP contribution in [-0.2, 0) is 25.3 Å². The van der Waals surface area contributed by atoms with Crippen molar-refractivity contribution in [3.05, 3.63) is 35.9 Å². The summed E-state index contributed by atoms with van der Waals surface area (Å²) in [4.78, 5) is 14.4. The number of rotatable bonds is 5. The Morgan fingerprint density at radius 2 is 1.88 bits per heavy atom. The molecule has 1 atom stereocenters. The first kappa shape index (κ1) is 18.7. The van der Waals surface area contributed by atoms with E-state index in [9.17, 15) is 13.2 Å². The van der Waals surface area contributed by atoms with Crippen LogP contribution < -0.4 is 0 Å². The second kappa shape index (κ2) is 8.53. The zero-order chi connectivity index (χ0) is 17.7. The van der Waals surface area contributed by atoms with Crippen LogP contribution in [-0.4, -0.2) is 73.9 Å². The van der Waals surface area contributed by atoms with Gasteiger partial charge in [-0.3, -0.25) is 4.79 Å². The molecule has 0 aliphatic carbocycles. The maximum absolute atomic E-state index is 12.9. The highest BCUT2D eigenvalue weighted by molar-refractivity contribution is 7.99. The SMILES string of the molecule is O=C(C[C@H]1COCCN1S(=O)(=O)Cc1ccccc1)N1CCSCC1. The molecule has 0 aromatic heterocycles. The molecule has 0 radical (unpaired) electrons. The summed E-state index contributed by atoms with van der Waals surface area (Å²) in [6.45, 7) is 2.45. The van der Waals surface area contributed by atoms with Gasteiger partial charge in [-0.25, -0.2) is 8.42 Å². The Labute approximate surface area is 153 Å². The number of hydrogen-bond donors (Lipinski definition) is 0. The lowest BCUT2D eigenvalue weighted by Crippen LogP contribution is -2.51. The molecule has 0 saturated carbocycles. The second-order valence-electron chi connectivity index (χ2n) is 6.28. The average molecular weight is 385 g/mol. The lowest BCUT2D eigenvalue weighted by atomic mass is 10.2. The van der Waals surface area contributed by atoms with Gasteiger partial charge in [0, 0.05) is 37.6 Å². The van der Waals surface area contributed by atoms with Crippen LogP contribution in [0.3, 0.4) is 0 Å². The summed E-state index contributed by atoms with van der Waals surface area (Å²) in [5.74, 6) is 1.88. The predicted molar refractivity (Wildman–Crippen MR) is 98.9 cm³/mol. The minimum atomic E-state index is -3.48. The summed E-state index contributed by atoms with van der Waals surface area (Å²) in [7, 11) is -3.48. The van der Waals surface area contributed by atoms with E-state index in [1.54, 1.807) is 0 Å². The quantitative estimate of drug-likeness (QED) is 0.763. The Kier molecular flexibility index (Phi) is 6.38. The van der Waals surface area contributed by atoms with Crippen molar-refractivity contribution in [2.75, 3.05) is 44.4 Å². The van der Waals surface area contributed by atoms with Crippen molar-refractivity contribution in [1.82, 2.24) is 9.21 Å². The third-order valence-corrected chi connectivity index (χ3v) is 7.33. The molecule has 25 heavy (non-hydrogen) atoms. The van der Waals surface area contributed by atoms with Gasteiger partial charge in [0.25, 0.3) is 0 Å². The molecule has 8 heteroatoms. The Bertz CT molecular complexity index is 675. The molecule has 2 aliphatic rings. The monoisotopic (exact) mass is 384 g/mol. The second-order valence-corrected chi connectivity index (χ2v) is 9.42. The van der Waals surface area contributed by atoms with Crippen LogP contribution >= 0.6 is 11.8 Å². The van der Waals surface area contributed by atoms with Crippen molar-refractivity contribution in [2.24, 2.45) is 0 Å². The Morgan fingerprint density at radius 1 is 1.16 bits per heavy atom. The molecule has 0 N–H and O–H groups in total. The van der Waals surface area contributed by atoms with Gasteiger partial charge in [-0.2, -0.15) is 16.1 Å². The third-order valence-electron chi connectivity index (χ3n) is 4.50. The van der Waals surface area contributed by atoms with Crippen LogP contribution in [0.5, 0.6) is 0 Å². The van der Waals surface area contributed by atoms with Crippen molar-refractivity contribution < 1.29 is 17.9 Å². The highest BCUT2D eigenvalue weighted by Gasteiger charge is 2.35. The third kappa shape index (κ3) is 4.97. The van der Waals surface area contributed by atoms with E-state index in [1.807, 2.05) is 47.0 Å². The molecule has 1 aromatic carbocycles. The molecule has 1 aromatic rings. The highest BCUT2D eigenvalue weighted by atomic mass is 32.2. The molecule has 0 unspecified atom stereocenters. The fourth-order valence-corrected chi connectivity index (χ4v) is 5.80. The standard InChI is InChI=1S/C17H24N2O4S2/c20-17(18-7-10-24-11-8-18)12-16-13-23-9-6-19(16)25(21,22)14-15-4-2-1-3-5-15/h1-5,16H,6-14H2/t16-/m0/s1. The number of thioether (sulfide) groups is 1. The maximum Gasteiger partial charge on any atom is 0.224 e. The maximum atomic E-state index is 12.9. The number of amides is 1. The van der Waals surface area contributed by atoms with Crippen LogP contribution in [0.2, 0.25) is 0 Å². The highest BCUT2D eigenvalue weighted by Crippen LogP contribution is 2.21. The van der Waals surface area contributed by atoms with Crippen LogP contribution in [0.15, 0.2) is 30.3 Å². The van der Waals surface area contributed by atoms with E-state index < -0.39 is 16.1 Å². The number of hydrogen-bond acceptors (Lipinski definition) is 5. The number of ether oxygens (including phenoxy) is 1. The van der Waals surface area contributed by atoms with Crippen molar-refractivity contribution >= 4 is 27.7 Å². The first-order chi connectivity index (χ1) is 12.1. The minimum Gasteiger partial charge on any atom is -0.378 e. The lowest BCUT2D eigenvalue weighted by molar-refractivity contribution is -0.132. The van der Waals surface area contributed by atoms with Crippen LogP contribution in [0.25, 0.3) is 0 Å². The minimum absolute atomic E-state index is 0.0238. The summed E-state index contributed by atoms with van der Waals surface area (Å²) in [6, 6.07) is 8.74. The van der Waals surface area contributed by atoms with Gasteiger partial charge in [-0.1, -0.05) is 30.3 Å². The molecule has 138 valence electrons. The molecule has 2 heterocycles. The van der Waals surface area contributed by atoms with Gasteiger partial charge in [0.2, 0.25) is 15.9 Å². The summed E-state index contributed by atoms with van der Waals surface area (Å²) in [5.41, 5.74) is 0.757. The van der Waals surface area contributed by atoms with Gasteiger partial charge in [-0.15, -0.1) is 0 Å². The normalized spacial score (nSPS) is 22.7. The number of sulfonamides is 1. The Balaban J connectivity index is 1.68. The molecule has 2 aliphatic heterocycles. The molecular weight excluding hydrogens is 360 g/mol. The van der Waals surface area contributed by atoms with Crippen LogP contribution in [0, 0.1) is 0 Å². The van der Waals surface area contributed by atoms with Gasteiger partial charge < -0.3 is 9.64 Å². The van der Waals surface area contributed by atoms with Crippen molar-refractivity contribution in [2.45, 2.75) is 18.2 Å². The zero-order valence-corrected chi connectivity index (χ0v) is 15.8. The summed E-state index contributed by atoms with van der Waals surface area (Å²) >= 11 is 1.84. The Morgan fingerprint density at radius 3 is 2.60 bits per heavy atom. The lowest BCUT2D eigenvalue weighted by Gasteiger charge is -2.36. The van der Waals surface area contributed by atoms with Crippen molar-refractivity contribution in [3.8, 4) is 0 Å². The van der Waals surface area contributed by atoms with E-state index in [0.717, 1.165) is 30.2 Å². The first-order valence-electron chi connectivity index (χ1n) is 8.53. The van der Waals surface area contributed by atoms with Gasteiger partial charge >= 0.3 is 0 Å². The van der Waals surface area contributed by atoms with E-state index >= 15 is 0 Å². The fraction of sp³-hybridized carbons (Fsp3) is 0.588. The molecule has 2 saturated heterocycles. The number of nitrogens with zero attached hydrogens (tertiary/aromatic N) is 2. The van der Waals surface area contributed by atoms with E-state index in [4.69, 9.17) is 4.74 Å². The fourth-order valence-electron chi connectivity index (χ4n) is 3.18. The Hall–Kier alpha value is -1.09. The van der Waals surface area contributed by atoms with Crippen molar-refractivity contribution in [3.63, 3.8) is 0 Å². The number of benzene rings is 1. The van der Waals surface area contributed by atoms with E-state index in [0.29, 0.717) is 13.2 Å². The first-order valence-corrected chi connectivity index (χ1v) is 11.3. The molecule has 6 nitrogen and oxygen atoms in total. The smallest absolute Gasteiger partial charge is 0.224 e. The average Bonchev–Trinajstić information content (AvgIpc) is 2.63. The predicted octanol–water partition coefficient (Wildman–Crippen LogP) is 1.18. The summed E-state index contributed by atoms with van der Waals surface area (Å²) in [6.07, 6.45) is 0.193. The van der Waals surface area contributed by atoms with Crippen molar-refractivity contribution in [1.29, 1.82) is 0 Å². The van der Waals surface area contributed by atoms with Crippen LogP contribution in [0.4, 0.5) is 0 Å².